The van der Waals surface area contributed by atoms with Crippen LogP contribution in [0.25, 0.3) is 0 Å². The first-order valence-electron chi connectivity index (χ1n) is 6.69. The summed E-state index contributed by atoms with van der Waals surface area (Å²) in [4.78, 5) is 0. The summed E-state index contributed by atoms with van der Waals surface area (Å²) in [6.45, 7) is 12.7. The van der Waals surface area contributed by atoms with Gasteiger partial charge in [0.2, 0.25) is 0 Å². The van der Waals surface area contributed by atoms with E-state index in [4.69, 9.17) is 4.74 Å². The second-order valence-corrected chi connectivity index (χ2v) is 5.47. The van der Waals surface area contributed by atoms with Crippen molar-refractivity contribution in [1.29, 1.82) is 0 Å². The second-order valence-electron chi connectivity index (χ2n) is 5.47. The van der Waals surface area contributed by atoms with Gasteiger partial charge in [0.1, 0.15) is 0 Å². The zero-order valence-electron chi connectivity index (χ0n) is 12.2. The molecule has 104 valence electrons. The van der Waals surface area contributed by atoms with Gasteiger partial charge in [0, 0.05) is 18.8 Å². The third-order valence-corrected chi connectivity index (χ3v) is 2.94. The van der Waals surface area contributed by atoms with Crippen molar-refractivity contribution < 1.29 is 4.74 Å². The fourth-order valence-electron chi connectivity index (χ4n) is 1.36. The minimum atomic E-state index is -0.0530. The summed E-state index contributed by atoms with van der Waals surface area (Å²) in [7, 11) is 0. The lowest BCUT2D eigenvalue weighted by molar-refractivity contribution is -0.0246. The molecule has 1 N–H and O–H groups in total. The summed E-state index contributed by atoms with van der Waals surface area (Å²) in [5, 5.41) is 11.5. The highest BCUT2D eigenvalue weighted by Gasteiger charge is 2.14. The van der Waals surface area contributed by atoms with Gasteiger partial charge in [-0.25, -0.2) is 4.68 Å². The molecule has 0 saturated heterocycles. The van der Waals surface area contributed by atoms with Crippen LogP contribution < -0.4 is 5.32 Å². The van der Waals surface area contributed by atoms with Crippen LogP contribution in [0.15, 0.2) is 6.20 Å². The van der Waals surface area contributed by atoms with E-state index in [2.05, 4.69) is 50.2 Å². The lowest BCUT2D eigenvalue weighted by atomic mass is 10.1. The topological polar surface area (TPSA) is 52.0 Å². The summed E-state index contributed by atoms with van der Waals surface area (Å²) < 4.78 is 7.62. The molecule has 1 heterocycles. The van der Waals surface area contributed by atoms with Gasteiger partial charge >= 0.3 is 0 Å². The predicted molar refractivity (Wildman–Crippen MR) is 72.3 cm³/mol. The van der Waals surface area contributed by atoms with Gasteiger partial charge in [-0.05, 0) is 20.3 Å². The fourth-order valence-corrected chi connectivity index (χ4v) is 1.36. The van der Waals surface area contributed by atoms with Crippen molar-refractivity contribution in [2.75, 3.05) is 6.61 Å². The molecule has 0 aliphatic carbocycles. The van der Waals surface area contributed by atoms with E-state index in [9.17, 15) is 0 Å². The van der Waals surface area contributed by atoms with Gasteiger partial charge in [0.15, 0.2) is 0 Å². The standard InChI is InChI=1S/C13H26N4O/c1-6-13(4,5)18-8-7-17-10-12(15-16-17)9-14-11(2)3/h10-11,14H,6-9H2,1-5H3. The number of aromatic nitrogens is 3. The first-order chi connectivity index (χ1) is 8.43. The van der Waals surface area contributed by atoms with Crippen LogP contribution in [-0.4, -0.2) is 33.2 Å². The van der Waals surface area contributed by atoms with Gasteiger partial charge in [-0.15, -0.1) is 5.10 Å². The Labute approximate surface area is 110 Å². The zero-order valence-corrected chi connectivity index (χ0v) is 12.2. The van der Waals surface area contributed by atoms with Crippen molar-refractivity contribution in [3.05, 3.63) is 11.9 Å². The average Bonchev–Trinajstić information content (AvgIpc) is 2.74. The molecule has 1 aromatic heterocycles. The molecule has 1 aromatic rings. The van der Waals surface area contributed by atoms with Crippen molar-refractivity contribution in [2.45, 2.75) is 65.8 Å². The number of nitrogens with one attached hydrogen (secondary N) is 1. The van der Waals surface area contributed by atoms with E-state index in [-0.39, 0.29) is 5.60 Å². The van der Waals surface area contributed by atoms with Crippen LogP contribution in [0.1, 0.15) is 46.7 Å². The minimum Gasteiger partial charge on any atom is -0.374 e. The Hall–Kier alpha value is -0.940. The lowest BCUT2D eigenvalue weighted by Crippen LogP contribution is -2.25. The average molecular weight is 254 g/mol. The third-order valence-electron chi connectivity index (χ3n) is 2.94. The van der Waals surface area contributed by atoms with E-state index < -0.39 is 0 Å². The number of hydrogen-bond acceptors (Lipinski definition) is 4. The normalized spacial score (nSPS) is 12.3. The Morgan fingerprint density at radius 1 is 1.44 bits per heavy atom. The maximum Gasteiger partial charge on any atom is 0.0964 e. The molecule has 0 aliphatic heterocycles. The Morgan fingerprint density at radius 2 is 2.17 bits per heavy atom. The highest BCUT2D eigenvalue weighted by Crippen LogP contribution is 2.12. The van der Waals surface area contributed by atoms with Crippen molar-refractivity contribution in [3.8, 4) is 0 Å². The lowest BCUT2D eigenvalue weighted by Gasteiger charge is -2.23. The summed E-state index contributed by atoms with van der Waals surface area (Å²) in [6.07, 6.45) is 2.98. The molecule has 0 aromatic carbocycles. The maximum absolute atomic E-state index is 5.79. The highest BCUT2D eigenvalue weighted by molar-refractivity contribution is 4.91. The molecule has 0 radical (unpaired) electrons. The van der Waals surface area contributed by atoms with Crippen molar-refractivity contribution in [2.24, 2.45) is 0 Å². The molecule has 0 spiro atoms. The van der Waals surface area contributed by atoms with Crippen LogP contribution in [0.5, 0.6) is 0 Å². The maximum atomic E-state index is 5.79. The molecule has 5 heteroatoms. The Bertz CT molecular complexity index is 347. The highest BCUT2D eigenvalue weighted by atomic mass is 16.5. The number of rotatable bonds is 8. The largest absolute Gasteiger partial charge is 0.374 e. The molecule has 0 fully saturated rings. The smallest absolute Gasteiger partial charge is 0.0964 e. The second kappa shape index (κ2) is 6.85. The first-order valence-corrected chi connectivity index (χ1v) is 6.69. The number of nitrogens with zero attached hydrogens (tertiary/aromatic N) is 3. The van der Waals surface area contributed by atoms with Crippen molar-refractivity contribution in [1.82, 2.24) is 20.3 Å². The van der Waals surface area contributed by atoms with Crippen molar-refractivity contribution in [3.63, 3.8) is 0 Å². The van der Waals surface area contributed by atoms with Crippen LogP contribution >= 0.6 is 0 Å². The molecule has 1 rings (SSSR count). The molecule has 5 nitrogen and oxygen atoms in total. The van der Waals surface area contributed by atoms with E-state index in [0.29, 0.717) is 12.6 Å². The van der Waals surface area contributed by atoms with Gasteiger partial charge in [-0.2, -0.15) is 0 Å². The molecule has 0 aliphatic rings. The SMILES string of the molecule is CCC(C)(C)OCCn1cc(CNC(C)C)nn1. The Kier molecular flexibility index (Phi) is 5.75. The number of ether oxygens (including phenoxy) is 1. The third kappa shape index (κ3) is 5.60. The van der Waals surface area contributed by atoms with Gasteiger partial charge in [0.25, 0.3) is 0 Å². The quantitative estimate of drug-likeness (QED) is 0.770. The van der Waals surface area contributed by atoms with Crippen LogP contribution in [0.3, 0.4) is 0 Å². The van der Waals surface area contributed by atoms with Gasteiger partial charge in [-0.1, -0.05) is 26.0 Å². The molecule has 0 atom stereocenters. The van der Waals surface area contributed by atoms with E-state index >= 15 is 0 Å². The zero-order chi connectivity index (χ0) is 13.6. The van der Waals surface area contributed by atoms with Crippen LogP contribution in [0.4, 0.5) is 0 Å². The van der Waals surface area contributed by atoms with Gasteiger partial charge in [0.05, 0.1) is 24.4 Å². The molecule has 18 heavy (non-hydrogen) atoms. The minimum absolute atomic E-state index is 0.0530. The molecule has 0 unspecified atom stereocenters. The van der Waals surface area contributed by atoms with Crippen LogP contribution in [-0.2, 0) is 17.8 Å². The van der Waals surface area contributed by atoms with Gasteiger partial charge < -0.3 is 10.1 Å². The summed E-state index contributed by atoms with van der Waals surface area (Å²) in [6, 6.07) is 0.462. The number of hydrogen-bond donors (Lipinski definition) is 1. The molecule has 0 bridgehead atoms. The van der Waals surface area contributed by atoms with E-state index in [1.807, 2.05) is 10.9 Å². The van der Waals surface area contributed by atoms with E-state index in [0.717, 1.165) is 25.2 Å². The van der Waals surface area contributed by atoms with E-state index in [1.54, 1.807) is 0 Å². The van der Waals surface area contributed by atoms with E-state index in [1.165, 1.54) is 0 Å². The van der Waals surface area contributed by atoms with Crippen LogP contribution in [0, 0.1) is 0 Å². The summed E-state index contributed by atoms with van der Waals surface area (Å²) in [5.74, 6) is 0. The Balaban J connectivity index is 2.31. The fraction of sp³-hybridized carbons (Fsp3) is 0.846. The summed E-state index contributed by atoms with van der Waals surface area (Å²) >= 11 is 0. The van der Waals surface area contributed by atoms with Gasteiger partial charge in [-0.3, -0.25) is 0 Å². The molecule has 0 saturated carbocycles. The molecule has 0 amide bonds. The summed E-state index contributed by atoms with van der Waals surface area (Å²) in [5.41, 5.74) is 0.918. The van der Waals surface area contributed by atoms with Crippen molar-refractivity contribution >= 4 is 0 Å². The molecular weight excluding hydrogens is 228 g/mol. The predicted octanol–water partition coefficient (Wildman–Crippen LogP) is 1.98. The van der Waals surface area contributed by atoms with Crippen LogP contribution in [0.2, 0.25) is 0 Å². The first kappa shape index (κ1) is 15.1. The molecular formula is C13H26N4O. The monoisotopic (exact) mass is 254 g/mol. The Morgan fingerprint density at radius 3 is 2.78 bits per heavy atom.